The van der Waals surface area contributed by atoms with Gasteiger partial charge in [0.15, 0.2) is 0 Å². The van der Waals surface area contributed by atoms with E-state index >= 15 is 0 Å². The Balaban J connectivity index is 2.91. The highest BCUT2D eigenvalue weighted by Gasteiger charge is 2.14. The van der Waals surface area contributed by atoms with Crippen LogP contribution < -0.4 is 0 Å². The van der Waals surface area contributed by atoms with E-state index in [9.17, 15) is 4.79 Å². The molecule has 0 fully saturated rings. The van der Waals surface area contributed by atoms with Crippen molar-refractivity contribution in [2.45, 2.75) is 20.3 Å². The lowest BCUT2D eigenvalue weighted by atomic mass is 10.2. The number of carbonyl (C=O) groups excluding carboxylic acids is 1. The number of hydrogen-bond acceptors (Lipinski definition) is 3. The van der Waals surface area contributed by atoms with Gasteiger partial charge in [0.2, 0.25) is 0 Å². The Morgan fingerprint density at radius 1 is 1.62 bits per heavy atom. The van der Waals surface area contributed by atoms with Crippen LogP contribution in [0.4, 0.5) is 0 Å². The zero-order chi connectivity index (χ0) is 9.84. The predicted molar refractivity (Wildman–Crippen MR) is 57.4 cm³/mol. The van der Waals surface area contributed by atoms with E-state index in [-0.39, 0.29) is 5.97 Å². The molecule has 0 unspecified atom stereocenters. The first kappa shape index (κ1) is 10.7. The fourth-order valence-corrected chi connectivity index (χ4v) is 2.66. The average molecular weight is 263 g/mol. The lowest BCUT2D eigenvalue weighted by molar-refractivity contribution is 0.0531. The SMILES string of the molecule is CCOC(=O)c1sc(Br)cc1CC. The molecule has 0 amide bonds. The Kier molecular flexibility index (Phi) is 3.93. The van der Waals surface area contributed by atoms with Crippen LogP contribution in [-0.2, 0) is 11.2 Å². The van der Waals surface area contributed by atoms with Crippen molar-refractivity contribution in [2.75, 3.05) is 6.61 Å². The molecule has 1 aromatic heterocycles. The van der Waals surface area contributed by atoms with Crippen LogP contribution >= 0.6 is 27.3 Å². The number of hydrogen-bond donors (Lipinski definition) is 0. The number of rotatable bonds is 3. The molecule has 13 heavy (non-hydrogen) atoms. The number of carbonyl (C=O) groups is 1. The molecule has 0 radical (unpaired) electrons. The van der Waals surface area contributed by atoms with E-state index in [1.54, 1.807) is 0 Å². The molecule has 2 nitrogen and oxygen atoms in total. The van der Waals surface area contributed by atoms with Gasteiger partial charge in [-0.25, -0.2) is 4.79 Å². The third kappa shape index (κ3) is 2.54. The van der Waals surface area contributed by atoms with Gasteiger partial charge < -0.3 is 4.74 Å². The minimum atomic E-state index is -0.213. The van der Waals surface area contributed by atoms with Gasteiger partial charge in [0, 0.05) is 0 Å². The molecule has 1 aromatic rings. The first-order valence-electron chi connectivity index (χ1n) is 4.14. The molecule has 1 rings (SSSR count). The van der Waals surface area contributed by atoms with Gasteiger partial charge in [-0.3, -0.25) is 0 Å². The van der Waals surface area contributed by atoms with Gasteiger partial charge in [-0.1, -0.05) is 6.92 Å². The quantitative estimate of drug-likeness (QED) is 0.782. The normalized spacial score (nSPS) is 10.1. The lowest BCUT2D eigenvalue weighted by Crippen LogP contribution is -2.04. The summed E-state index contributed by atoms with van der Waals surface area (Å²) in [6.45, 7) is 4.26. The van der Waals surface area contributed by atoms with Crippen LogP contribution in [0, 0.1) is 0 Å². The summed E-state index contributed by atoms with van der Waals surface area (Å²) in [6, 6.07) is 1.97. The third-order valence-electron chi connectivity index (χ3n) is 1.62. The molecule has 0 saturated heterocycles. The number of esters is 1. The summed E-state index contributed by atoms with van der Waals surface area (Å²) in [5, 5.41) is 0. The first-order valence-corrected chi connectivity index (χ1v) is 5.75. The zero-order valence-corrected chi connectivity index (χ0v) is 10.00. The Labute approximate surface area is 90.0 Å². The van der Waals surface area contributed by atoms with Gasteiger partial charge in [0.25, 0.3) is 0 Å². The molecule has 0 spiro atoms. The van der Waals surface area contributed by atoms with Crippen LogP contribution in [-0.4, -0.2) is 12.6 Å². The van der Waals surface area contributed by atoms with Crippen LogP contribution in [0.1, 0.15) is 29.1 Å². The Morgan fingerprint density at radius 2 is 2.31 bits per heavy atom. The Hall–Kier alpha value is -0.350. The van der Waals surface area contributed by atoms with Gasteiger partial charge in [-0.05, 0) is 40.9 Å². The largest absolute Gasteiger partial charge is 0.462 e. The molecule has 0 atom stereocenters. The van der Waals surface area contributed by atoms with E-state index in [4.69, 9.17) is 4.74 Å². The second-order valence-corrected chi connectivity index (χ2v) is 4.91. The van der Waals surface area contributed by atoms with Crippen LogP contribution in [0.2, 0.25) is 0 Å². The second kappa shape index (κ2) is 4.77. The van der Waals surface area contributed by atoms with Crippen molar-refractivity contribution < 1.29 is 9.53 Å². The van der Waals surface area contributed by atoms with Crippen LogP contribution in [0.5, 0.6) is 0 Å². The molecule has 0 aliphatic carbocycles. The fourth-order valence-electron chi connectivity index (χ4n) is 1.03. The topological polar surface area (TPSA) is 26.3 Å². The Morgan fingerprint density at radius 3 is 2.85 bits per heavy atom. The summed E-state index contributed by atoms with van der Waals surface area (Å²) in [5.41, 5.74) is 1.05. The summed E-state index contributed by atoms with van der Waals surface area (Å²) in [7, 11) is 0. The van der Waals surface area contributed by atoms with Crippen molar-refractivity contribution in [2.24, 2.45) is 0 Å². The highest BCUT2D eigenvalue weighted by Crippen LogP contribution is 2.28. The molecule has 0 N–H and O–H groups in total. The van der Waals surface area contributed by atoms with Gasteiger partial charge in [-0.15, -0.1) is 11.3 Å². The minimum Gasteiger partial charge on any atom is -0.462 e. The van der Waals surface area contributed by atoms with E-state index in [1.165, 1.54) is 11.3 Å². The highest BCUT2D eigenvalue weighted by molar-refractivity contribution is 9.11. The average Bonchev–Trinajstić information content (AvgIpc) is 2.47. The van der Waals surface area contributed by atoms with Crippen LogP contribution in [0.3, 0.4) is 0 Å². The maximum absolute atomic E-state index is 11.4. The van der Waals surface area contributed by atoms with Crippen molar-refractivity contribution >= 4 is 33.2 Å². The number of thiophene rings is 1. The summed E-state index contributed by atoms with van der Waals surface area (Å²) in [6.07, 6.45) is 0.857. The minimum absolute atomic E-state index is 0.213. The van der Waals surface area contributed by atoms with Gasteiger partial charge in [0.1, 0.15) is 4.88 Å². The summed E-state index contributed by atoms with van der Waals surface area (Å²) in [4.78, 5) is 12.1. The molecule has 0 bridgehead atoms. The molecule has 0 saturated carbocycles. The summed E-state index contributed by atoms with van der Waals surface area (Å²) in [5.74, 6) is -0.213. The maximum Gasteiger partial charge on any atom is 0.348 e. The predicted octanol–water partition coefficient (Wildman–Crippen LogP) is 3.25. The van der Waals surface area contributed by atoms with Crippen LogP contribution in [0.25, 0.3) is 0 Å². The molecule has 0 aliphatic heterocycles. The Bertz CT molecular complexity index is 307. The lowest BCUT2D eigenvalue weighted by Gasteiger charge is -2.00. The van der Waals surface area contributed by atoms with E-state index in [0.29, 0.717) is 6.61 Å². The van der Waals surface area contributed by atoms with Gasteiger partial charge in [-0.2, -0.15) is 0 Å². The van der Waals surface area contributed by atoms with Gasteiger partial charge in [0.05, 0.1) is 10.4 Å². The van der Waals surface area contributed by atoms with Crippen molar-refractivity contribution in [3.8, 4) is 0 Å². The van der Waals surface area contributed by atoms with Gasteiger partial charge >= 0.3 is 5.97 Å². The molecule has 0 aromatic carbocycles. The second-order valence-electron chi connectivity index (χ2n) is 2.48. The van der Waals surface area contributed by atoms with Crippen LogP contribution in [0.15, 0.2) is 9.85 Å². The zero-order valence-electron chi connectivity index (χ0n) is 7.59. The molecular formula is C9H11BrO2S. The fraction of sp³-hybridized carbons (Fsp3) is 0.444. The molecule has 1 heterocycles. The third-order valence-corrected chi connectivity index (χ3v) is 3.28. The standard InChI is InChI=1S/C9H11BrO2S/c1-3-6-5-7(10)13-8(6)9(11)12-4-2/h5H,3-4H2,1-2H3. The van der Waals surface area contributed by atoms with E-state index < -0.39 is 0 Å². The van der Waals surface area contributed by atoms with E-state index in [2.05, 4.69) is 15.9 Å². The molecule has 4 heteroatoms. The van der Waals surface area contributed by atoms with Crippen molar-refractivity contribution in [1.82, 2.24) is 0 Å². The van der Waals surface area contributed by atoms with Crippen molar-refractivity contribution in [3.63, 3.8) is 0 Å². The molecular weight excluding hydrogens is 252 g/mol. The van der Waals surface area contributed by atoms with E-state index in [0.717, 1.165) is 20.6 Å². The van der Waals surface area contributed by atoms with Crippen molar-refractivity contribution in [1.29, 1.82) is 0 Å². The molecule has 0 aliphatic rings. The smallest absolute Gasteiger partial charge is 0.348 e. The number of aryl methyl sites for hydroxylation is 1. The number of halogens is 1. The first-order chi connectivity index (χ1) is 6.19. The maximum atomic E-state index is 11.4. The number of ether oxygens (including phenoxy) is 1. The summed E-state index contributed by atoms with van der Waals surface area (Å²) < 4.78 is 5.91. The summed E-state index contributed by atoms with van der Waals surface area (Å²) >= 11 is 4.78. The van der Waals surface area contributed by atoms with E-state index in [1.807, 2.05) is 19.9 Å². The van der Waals surface area contributed by atoms with Crippen molar-refractivity contribution in [3.05, 3.63) is 20.3 Å². The monoisotopic (exact) mass is 262 g/mol. The molecule has 72 valence electrons. The highest BCUT2D eigenvalue weighted by atomic mass is 79.9.